The van der Waals surface area contributed by atoms with Gasteiger partial charge in [0.1, 0.15) is 5.75 Å². The molecule has 6 heteroatoms. The molecule has 0 amide bonds. The fourth-order valence-electron chi connectivity index (χ4n) is 1.27. The quantitative estimate of drug-likeness (QED) is 0.611. The van der Waals surface area contributed by atoms with E-state index < -0.39 is 5.97 Å². The Morgan fingerprint density at radius 1 is 1.22 bits per heavy atom. The Labute approximate surface area is 108 Å². The van der Waals surface area contributed by atoms with Crippen LogP contribution >= 0.6 is 11.6 Å². The van der Waals surface area contributed by atoms with Gasteiger partial charge in [0.25, 0.3) is 5.56 Å². The van der Waals surface area contributed by atoms with E-state index >= 15 is 0 Å². The third-order valence-corrected chi connectivity index (χ3v) is 2.45. The summed E-state index contributed by atoms with van der Waals surface area (Å²) >= 11 is 5.71. The number of aryl methyl sites for hydroxylation is 1. The first-order valence-corrected chi connectivity index (χ1v) is 5.46. The van der Waals surface area contributed by atoms with E-state index in [1.54, 1.807) is 24.3 Å². The molecule has 2 rings (SSSR count). The number of esters is 1. The molecule has 0 unspecified atom stereocenters. The van der Waals surface area contributed by atoms with Crippen molar-refractivity contribution in [2.24, 2.45) is 7.05 Å². The largest absolute Gasteiger partial charge is 0.422 e. The maximum absolute atomic E-state index is 11.7. The van der Waals surface area contributed by atoms with E-state index in [1.165, 1.54) is 19.2 Å². The minimum Gasteiger partial charge on any atom is -0.422 e. The number of aromatic nitrogens is 2. The lowest BCUT2D eigenvalue weighted by Gasteiger charge is -2.04. The lowest BCUT2D eigenvalue weighted by Crippen LogP contribution is -2.22. The summed E-state index contributed by atoms with van der Waals surface area (Å²) in [6.45, 7) is 0. The Bertz CT molecular complexity index is 635. The molecule has 0 saturated carbocycles. The van der Waals surface area contributed by atoms with Crippen LogP contribution in [0.2, 0.25) is 5.02 Å². The van der Waals surface area contributed by atoms with Gasteiger partial charge in [-0.25, -0.2) is 9.48 Å². The zero-order chi connectivity index (χ0) is 13.1. The molecule has 0 bridgehead atoms. The van der Waals surface area contributed by atoms with Gasteiger partial charge in [0.15, 0.2) is 5.69 Å². The fraction of sp³-hybridized carbons (Fsp3) is 0.0833. The zero-order valence-electron chi connectivity index (χ0n) is 9.46. The smallest absolute Gasteiger partial charge is 0.364 e. The first-order chi connectivity index (χ1) is 8.56. The van der Waals surface area contributed by atoms with Gasteiger partial charge in [-0.2, -0.15) is 5.10 Å². The molecule has 0 atom stereocenters. The normalized spacial score (nSPS) is 10.1. The summed E-state index contributed by atoms with van der Waals surface area (Å²) in [6, 6.07) is 8.94. The molecule has 18 heavy (non-hydrogen) atoms. The molecule has 0 spiro atoms. The molecule has 1 heterocycles. The van der Waals surface area contributed by atoms with Gasteiger partial charge in [0.2, 0.25) is 0 Å². The summed E-state index contributed by atoms with van der Waals surface area (Å²) < 4.78 is 6.14. The van der Waals surface area contributed by atoms with Crippen molar-refractivity contribution in [3.63, 3.8) is 0 Å². The molecule has 92 valence electrons. The van der Waals surface area contributed by atoms with E-state index in [4.69, 9.17) is 16.3 Å². The van der Waals surface area contributed by atoms with Crippen LogP contribution in [0.15, 0.2) is 41.2 Å². The van der Waals surface area contributed by atoms with Crippen LogP contribution in [-0.4, -0.2) is 15.7 Å². The van der Waals surface area contributed by atoms with Gasteiger partial charge < -0.3 is 4.74 Å². The first-order valence-electron chi connectivity index (χ1n) is 5.08. The molecular formula is C12H9ClN2O3. The maximum atomic E-state index is 11.7. The Morgan fingerprint density at radius 3 is 2.50 bits per heavy atom. The van der Waals surface area contributed by atoms with Gasteiger partial charge in [0.05, 0.1) is 0 Å². The molecule has 1 aromatic carbocycles. The van der Waals surface area contributed by atoms with Gasteiger partial charge in [-0.15, -0.1) is 0 Å². The molecule has 0 N–H and O–H groups in total. The number of rotatable bonds is 2. The van der Waals surface area contributed by atoms with Crippen LogP contribution in [0.3, 0.4) is 0 Å². The number of hydrogen-bond donors (Lipinski definition) is 0. The number of benzene rings is 1. The fourth-order valence-corrected chi connectivity index (χ4v) is 1.40. The van der Waals surface area contributed by atoms with Crippen molar-refractivity contribution in [2.75, 3.05) is 0 Å². The van der Waals surface area contributed by atoms with Crippen molar-refractivity contribution in [1.29, 1.82) is 0 Å². The van der Waals surface area contributed by atoms with Crippen molar-refractivity contribution >= 4 is 17.6 Å². The van der Waals surface area contributed by atoms with Crippen molar-refractivity contribution in [2.45, 2.75) is 0 Å². The van der Waals surface area contributed by atoms with Crippen LogP contribution in [0.4, 0.5) is 0 Å². The number of nitrogens with zero attached hydrogens (tertiary/aromatic N) is 2. The first kappa shape index (κ1) is 12.3. The number of carbonyl (C=O) groups is 1. The van der Waals surface area contributed by atoms with E-state index in [9.17, 15) is 9.59 Å². The van der Waals surface area contributed by atoms with Crippen LogP contribution in [-0.2, 0) is 7.05 Å². The molecular weight excluding hydrogens is 256 g/mol. The number of halogens is 1. The predicted octanol–water partition coefficient (Wildman–Crippen LogP) is 1.65. The summed E-state index contributed by atoms with van der Waals surface area (Å²) in [6.07, 6.45) is 0. The summed E-state index contributed by atoms with van der Waals surface area (Å²) in [5.74, 6) is -0.270. The van der Waals surface area contributed by atoms with Crippen LogP contribution in [0.25, 0.3) is 0 Å². The highest BCUT2D eigenvalue weighted by molar-refractivity contribution is 6.30. The Morgan fingerprint density at radius 2 is 1.89 bits per heavy atom. The molecule has 0 aliphatic heterocycles. The van der Waals surface area contributed by atoms with E-state index in [0.717, 1.165) is 4.68 Å². The van der Waals surface area contributed by atoms with Gasteiger partial charge in [-0.05, 0) is 30.3 Å². The zero-order valence-corrected chi connectivity index (χ0v) is 10.2. The van der Waals surface area contributed by atoms with Crippen molar-refractivity contribution < 1.29 is 9.53 Å². The van der Waals surface area contributed by atoms with Gasteiger partial charge >= 0.3 is 5.97 Å². The summed E-state index contributed by atoms with van der Waals surface area (Å²) in [7, 11) is 1.46. The third kappa shape index (κ3) is 2.75. The molecule has 0 radical (unpaired) electrons. The number of hydrogen-bond acceptors (Lipinski definition) is 4. The SMILES string of the molecule is Cn1nc(C(=O)Oc2ccc(Cl)cc2)ccc1=O. The summed E-state index contributed by atoms with van der Waals surface area (Å²) in [5.41, 5.74) is -0.231. The monoisotopic (exact) mass is 264 g/mol. The average molecular weight is 265 g/mol. The van der Waals surface area contributed by atoms with E-state index in [-0.39, 0.29) is 11.3 Å². The second kappa shape index (κ2) is 5.01. The molecule has 0 fully saturated rings. The van der Waals surface area contributed by atoms with Gasteiger partial charge in [0, 0.05) is 18.1 Å². The maximum Gasteiger partial charge on any atom is 0.364 e. The molecule has 5 nitrogen and oxygen atoms in total. The second-order valence-electron chi connectivity index (χ2n) is 3.52. The predicted molar refractivity (Wildman–Crippen MR) is 65.9 cm³/mol. The van der Waals surface area contributed by atoms with Crippen LogP contribution in [0.1, 0.15) is 10.5 Å². The number of carbonyl (C=O) groups excluding carboxylic acids is 1. The van der Waals surface area contributed by atoms with Gasteiger partial charge in [-0.3, -0.25) is 4.79 Å². The number of ether oxygens (including phenoxy) is 1. The Balaban J connectivity index is 2.19. The minimum absolute atomic E-state index is 0.0621. The topological polar surface area (TPSA) is 61.2 Å². The van der Waals surface area contributed by atoms with E-state index in [1.807, 2.05) is 0 Å². The molecule has 0 saturated heterocycles. The molecule has 1 aromatic heterocycles. The lowest BCUT2D eigenvalue weighted by atomic mass is 10.3. The highest BCUT2D eigenvalue weighted by atomic mass is 35.5. The van der Waals surface area contributed by atoms with Crippen LogP contribution < -0.4 is 10.3 Å². The van der Waals surface area contributed by atoms with E-state index in [0.29, 0.717) is 10.8 Å². The standard InChI is InChI=1S/C12H9ClN2O3/c1-15-11(16)7-6-10(14-15)12(17)18-9-4-2-8(13)3-5-9/h2-7H,1H3. The summed E-state index contributed by atoms with van der Waals surface area (Å²) in [5, 5.41) is 4.34. The Kier molecular flexibility index (Phi) is 3.43. The lowest BCUT2D eigenvalue weighted by molar-refractivity contribution is 0.0726. The molecule has 2 aromatic rings. The molecule has 0 aliphatic carbocycles. The van der Waals surface area contributed by atoms with Crippen molar-refractivity contribution in [3.8, 4) is 5.75 Å². The van der Waals surface area contributed by atoms with Crippen LogP contribution in [0.5, 0.6) is 5.75 Å². The second-order valence-corrected chi connectivity index (χ2v) is 3.96. The van der Waals surface area contributed by atoms with E-state index in [2.05, 4.69) is 5.10 Å². The van der Waals surface area contributed by atoms with Gasteiger partial charge in [-0.1, -0.05) is 11.6 Å². The van der Waals surface area contributed by atoms with Crippen LogP contribution in [0, 0.1) is 0 Å². The third-order valence-electron chi connectivity index (χ3n) is 2.19. The Hall–Kier alpha value is -2.14. The van der Waals surface area contributed by atoms with Crippen molar-refractivity contribution in [1.82, 2.24) is 9.78 Å². The van der Waals surface area contributed by atoms with Crippen molar-refractivity contribution in [3.05, 3.63) is 57.5 Å². The average Bonchev–Trinajstić information content (AvgIpc) is 2.35. The molecule has 0 aliphatic rings. The highest BCUT2D eigenvalue weighted by Gasteiger charge is 2.11. The summed E-state index contributed by atoms with van der Waals surface area (Å²) in [4.78, 5) is 22.9. The minimum atomic E-state index is -0.632. The highest BCUT2D eigenvalue weighted by Crippen LogP contribution is 2.16.